The highest BCUT2D eigenvalue weighted by Gasteiger charge is 2.55. The Morgan fingerprint density at radius 3 is 1.22 bits per heavy atom. The fourth-order valence-electron chi connectivity index (χ4n) is 4.85. The molecule has 0 amide bonds. The minimum atomic E-state index is -4.60. The molecule has 0 spiro atoms. The van der Waals surface area contributed by atoms with Crippen LogP contribution in [0.2, 0.25) is 0 Å². The predicted octanol–water partition coefficient (Wildman–Crippen LogP) is 2.99. The maximum absolute atomic E-state index is 14.4. The summed E-state index contributed by atoms with van der Waals surface area (Å²) in [7, 11) is -1.78. The molecular formula is C27H32N4O4S2. The van der Waals surface area contributed by atoms with Gasteiger partial charge in [-0.2, -0.15) is 0 Å². The third-order valence-electron chi connectivity index (χ3n) is 6.86. The molecule has 0 aliphatic carbocycles. The van der Waals surface area contributed by atoms with Crippen molar-refractivity contribution in [3.63, 3.8) is 0 Å². The first kappa shape index (κ1) is 26.9. The second-order valence-electron chi connectivity index (χ2n) is 9.37. The van der Waals surface area contributed by atoms with Crippen LogP contribution in [0.4, 0.5) is 11.4 Å². The van der Waals surface area contributed by atoms with Gasteiger partial charge in [0, 0.05) is 74.2 Å². The first-order valence-electron chi connectivity index (χ1n) is 11.7. The summed E-state index contributed by atoms with van der Waals surface area (Å²) in [5.74, 6) is 0. The van der Waals surface area contributed by atoms with E-state index >= 15 is 0 Å². The SMILES string of the molecule is CN(C)c1cccc2c(S(=O)(=O)C(CN)(CN)S(=O)(=O)c3cccc4c(N(C)C)cccc34)cccc12. The Morgan fingerprint density at radius 1 is 0.568 bits per heavy atom. The molecule has 0 bridgehead atoms. The van der Waals surface area contributed by atoms with Crippen LogP contribution >= 0.6 is 0 Å². The number of hydrogen-bond acceptors (Lipinski definition) is 8. The third-order valence-corrected chi connectivity index (χ3v) is 12.7. The second-order valence-corrected chi connectivity index (χ2v) is 14.1. The van der Waals surface area contributed by atoms with Crippen LogP contribution in [0.25, 0.3) is 21.5 Å². The zero-order chi connectivity index (χ0) is 27.2. The lowest BCUT2D eigenvalue weighted by molar-refractivity contribution is 0.540. The molecule has 0 unspecified atom stereocenters. The van der Waals surface area contributed by atoms with Crippen LogP contribution in [0.1, 0.15) is 0 Å². The maximum Gasteiger partial charge on any atom is 0.206 e. The van der Waals surface area contributed by atoms with Crippen molar-refractivity contribution in [1.29, 1.82) is 0 Å². The number of anilines is 2. The lowest BCUT2D eigenvalue weighted by Crippen LogP contribution is -2.57. The number of hydrogen-bond donors (Lipinski definition) is 2. The summed E-state index contributed by atoms with van der Waals surface area (Å²) >= 11 is 0. The first-order chi connectivity index (χ1) is 17.4. The van der Waals surface area contributed by atoms with Crippen molar-refractivity contribution in [3.05, 3.63) is 72.8 Å². The van der Waals surface area contributed by atoms with Gasteiger partial charge < -0.3 is 21.3 Å². The van der Waals surface area contributed by atoms with Gasteiger partial charge in [0.1, 0.15) is 0 Å². The lowest BCUT2D eigenvalue weighted by atomic mass is 10.1. The fourth-order valence-corrected chi connectivity index (χ4v) is 9.67. The molecule has 4 rings (SSSR count). The van der Waals surface area contributed by atoms with E-state index in [1.807, 2.05) is 50.1 Å². The van der Waals surface area contributed by atoms with E-state index in [4.69, 9.17) is 11.5 Å². The van der Waals surface area contributed by atoms with Crippen LogP contribution < -0.4 is 21.3 Å². The molecule has 8 nitrogen and oxygen atoms in total. The summed E-state index contributed by atoms with van der Waals surface area (Å²) < 4.78 is 55.0. The fraction of sp³-hybridized carbons (Fsp3) is 0.259. The maximum atomic E-state index is 14.4. The molecule has 0 saturated heterocycles. The Labute approximate surface area is 218 Å². The van der Waals surface area contributed by atoms with Gasteiger partial charge in [-0.3, -0.25) is 0 Å². The van der Waals surface area contributed by atoms with Crippen LogP contribution in [-0.2, 0) is 19.7 Å². The normalized spacial score (nSPS) is 12.7. The van der Waals surface area contributed by atoms with Crippen molar-refractivity contribution < 1.29 is 16.8 Å². The minimum absolute atomic E-state index is 0.123. The molecule has 0 fully saturated rings. The van der Waals surface area contributed by atoms with E-state index < -0.39 is 36.8 Å². The summed E-state index contributed by atoms with van der Waals surface area (Å²) in [4.78, 5) is 3.49. The molecule has 4 aromatic rings. The van der Waals surface area contributed by atoms with Gasteiger partial charge in [0.25, 0.3) is 0 Å². The van der Waals surface area contributed by atoms with Gasteiger partial charge >= 0.3 is 0 Å². The van der Waals surface area contributed by atoms with Crippen molar-refractivity contribution in [1.82, 2.24) is 0 Å². The highest BCUT2D eigenvalue weighted by atomic mass is 32.3. The van der Waals surface area contributed by atoms with Crippen LogP contribution in [0.5, 0.6) is 0 Å². The van der Waals surface area contributed by atoms with Gasteiger partial charge in [-0.05, 0) is 24.3 Å². The highest BCUT2D eigenvalue weighted by Crippen LogP contribution is 2.41. The first-order valence-corrected chi connectivity index (χ1v) is 14.7. The number of rotatable bonds is 8. The highest BCUT2D eigenvalue weighted by molar-refractivity contribution is 8.10. The van der Waals surface area contributed by atoms with E-state index in [0.717, 1.165) is 11.4 Å². The third kappa shape index (κ3) is 3.95. The number of sulfone groups is 2. The van der Waals surface area contributed by atoms with E-state index in [0.29, 0.717) is 21.5 Å². The van der Waals surface area contributed by atoms with Crippen molar-refractivity contribution in [3.8, 4) is 0 Å². The van der Waals surface area contributed by atoms with E-state index in [9.17, 15) is 16.8 Å². The van der Waals surface area contributed by atoms with Gasteiger partial charge in [0.2, 0.25) is 23.8 Å². The topological polar surface area (TPSA) is 127 Å². The zero-order valence-corrected chi connectivity index (χ0v) is 23.0. The largest absolute Gasteiger partial charge is 0.377 e. The number of fused-ring (bicyclic) bond motifs is 2. The molecule has 0 atom stereocenters. The van der Waals surface area contributed by atoms with Gasteiger partial charge in [-0.15, -0.1) is 0 Å². The molecule has 0 aliphatic rings. The average Bonchev–Trinajstić information content (AvgIpc) is 2.87. The molecule has 196 valence electrons. The van der Waals surface area contributed by atoms with Gasteiger partial charge in [0.05, 0.1) is 9.79 Å². The summed E-state index contributed by atoms with van der Waals surface area (Å²) in [6.45, 7) is -1.41. The Balaban J connectivity index is 2.05. The molecule has 0 heterocycles. The molecule has 37 heavy (non-hydrogen) atoms. The number of nitrogens with two attached hydrogens (primary N) is 2. The van der Waals surface area contributed by atoms with Crippen molar-refractivity contribution in [2.45, 2.75) is 13.9 Å². The summed E-state index contributed by atoms with van der Waals surface area (Å²) in [5.41, 5.74) is 13.7. The van der Waals surface area contributed by atoms with E-state index in [-0.39, 0.29) is 9.79 Å². The van der Waals surface area contributed by atoms with Gasteiger partial charge in [-0.1, -0.05) is 48.5 Å². The van der Waals surface area contributed by atoms with Crippen molar-refractivity contribution in [2.24, 2.45) is 11.5 Å². The lowest BCUT2D eigenvalue weighted by Gasteiger charge is -2.31. The molecule has 0 aromatic heterocycles. The Hall–Kier alpha value is -3.18. The quantitative estimate of drug-likeness (QED) is 0.349. The summed E-state index contributed by atoms with van der Waals surface area (Å²) in [5, 5.41) is 2.16. The zero-order valence-electron chi connectivity index (χ0n) is 21.3. The summed E-state index contributed by atoms with van der Waals surface area (Å²) in [6.07, 6.45) is 0. The van der Waals surface area contributed by atoms with E-state index in [1.165, 1.54) is 12.1 Å². The van der Waals surface area contributed by atoms with Gasteiger partial charge in [0.15, 0.2) is 0 Å². The molecule has 10 heteroatoms. The second kappa shape index (κ2) is 9.60. The number of benzene rings is 4. The molecule has 0 saturated carbocycles. The molecule has 0 aliphatic heterocycles. The monoisotopic (exact) mass is 540 g/mol. The van der Waals surface area contributed by atoms with Crippen molar-refractivity contribution >= 4 is 52.6 Å². The van der Waals surface area contributed by atoms with Crippen LogP contribution in [0.15, 0.2) is 82.6 Å². The van der Waals surface area contributed by atoms with Gasteiger partial charge in [-0.25, -0.2) is 16.8 Å². The summed E-state index contributed by atoms with van der Waals surface area (Å²) in [6, 6.07) is 20.2. The van der Waals surface area contributed by atoms with E-state index in [1.54, 1.807) is 48.5 Å². The van der Waals surface area contributed by atoms with Crippen LogP contribution in [0, 0.1) is 0 Å². The van der Waals surface area contributed by atoms with Crippen LogP contribution in [0.3, 0.4) is 0 Å². The predicted molar refractivity (Wildman–Crippen MR) is 152 cm³/mol. The average molecular weight is 541 g/mol. The smallest absolute Gasteiger partial charge is 0.206 e. The molecule has 4 aromatic carbocycles. The van der Waals surface area contributed by atoms with Crippen molar-refractivity contribution in [2.75, 3.05) is 51.1 Å². The minimum Gasteiger partial charge on any atom is -0.377 e. The molecule has 4 N–H and O–H groups in total. The standard InChI is InChI=1S/C27H32N4O4S2/c1-30(2)23-13-5-11-21-19(23)9-7-15-25(21)36(32,33)27(17-28,18-29)37(34,35)26-16-8-10-20-22(26)12-6-14-24(20)31(3)4/h5-16H,17-18,28-29H2,1-4H3. The Bertz CT molecular complexity index is 1570. The van der Waals surface area contributed by atoms with E-state index in [2.05, 4.69) is 0 Å². The Morgan fingerprint density at radius 2 is 0.892 bits per heavy atom. The Kier molecular flexibility index (Phi) is 6.98. The van der Waals surface area contributed by atoms with Crippen LogP contribution in [-0.4, -0.2) is 62.2 Å². The molecular weight excluding hydrogens is 508 g/mol. The number of nitrogens with zero attached hydrogens (tertiary/aromatic N) is 2. The molecule has 0 radical (unpaired) electrons.